The zero-order valence-corrected chi connectivity index (χ0v) is 8.06. The van der Waals surface area contributed by atoms with Crippen molar-refractivity contribution < 1.29 is 9.50 Å². The molecule has 0 aliphatic heterocycles. The van der Waals surface area contributed by atoms with Gasteiger partial charge in [0.15, 0.2) is 0 Å². The van der Waals surface area contributed by atoms with E-state index < -0.39 is 6.17 Å². The van der Waals surface area contributed by atoms with Crippen molar-refractivity contribution in [2.75, 3.05) is 6.61 Å². The van der Waals surface area contributed by atoms with Gasteiger partial charge in [0.1, 0.15) is 6.17 Å². The van der Waals surface area contributed by atoms with Crippen LogP contribution < -0.4 is 0 Å². The molecule has 0 amide bonds. The lowest BCUT2D eigenvalue weighted by atomic mass is 10.1. The molecule has 0 saturated heterocycles. The monoisotopic (exact) mass is 176 g/mol. The Bertz CT molecular complexity index is 85.9. The molecule has 0 aromatic carbocycles. The van der Waals surface area contributed by atoms with Gasteiger partial charge in [0, 0.05) is 0 Å². The molecule has 0 aliphatic rings. The van der Waals surface area contributed by atoms with Gasteiger partial charge in [-0.1, -0.05) is 45.4 Å². The third-order valence-corrected chi connectivity index (χ3v) is 2.07. The van der Waals surface area contributed by atoms with Crippen molar-refractivity contribution in [1.29, 1.82) is 0 Å². The first-order valence-electron chi connectivity index (χ1n) is 5.06. The van der Waals surface area contributed by atoms with Crippen LogP contribution in [0.1, 0.15) is 51.9 Å². The van der Waals surface area contributed by atoms with E-state index in [1.807, 2.05) is 0 Å². The van der Waals surface area contributed by atoms with E-state index in [9.17, 15) is 4.39 Å². The molecule has 12 heavy (non-hydrogen) atoms. The summed E-state index contributed by atoms with van der Waals surface area (Å²) in [4.78, 5) is 0. The number of aliphatic hydroxyl groups excluding tert-OH is 1. The highest BCUT2D eigenvalue weighted by molar-refractivity contribution is 4.53. The van der Waals surface area contributed by atoms with E-state index in [0.29, 0.717) is 6.42 Å². The summed E-state index contributed by atoms with van der Waals surface area (Å²) in [6, 6.07) is 0. The fourth-order valence-electron chi connectivity index (χ4n) is 1.24. The van der Waals surface area contributed by atoms with Crippen molar-refractivity contribution in [3.8, 4) is 0 Å². The van der Waals surface area contributed by atoms with Gasteiger partial charge in [0.25, 0.3) is 0 Å². The molecule has 0 saturated carbocycles. The quantitative estimate of drug-likeness (QED) is 0.563. The van der Waals surface area contributed by atoms with Gasteiger partial charge in [-0.25, -0.2) is 4.39 Å². The first-order chi connectivity index (χ1) is 5.81. The second-order valence-corrected chi connectivity index (χ2v) is 3.34. The Morgan fingerprint density at radius 1 is 1.08 bits per heavy atom. The summed E-state index contributed by atoms with van der Waals surface area (Å²) < 4.78 is 12.5. The van der Waals surface area contributed by atoms with Crippen molar-refractivity contribution >= 4 is 0 Å². The molecule has 1 unspecified atom stereocenters. The van der Waals surface area contributed by atoms with E-state index in [2.05, 4.69) is 6.92 Å². The van der Waals surface area contributed by atoms with Crippen molar-refractivity contribution in [1.82, 2.24) is 0 Å². The van der Waals surface area contributed by atoms with Crippen molar-refractivity contribution in [3.05, 3.63) is 0 Å². The van der Waals surface area contributed by atoms with E-state index in [1.165, 1.54) is 25.7 Å². The molecule has 0 radical (unpaired) electrons. The summed E-state index contributed by atoms with van der Waals surface area (Å²) in [5.41, 5.74) is 0. The van der Waals surface area contributed by atoms with Crippen LogP contribution in [0.3, 0.4) is 0 Å². The van der Waals surface area contributed by atoms with E-state index >= 15 is 0 Å². The predicted octanol–water partition coefficient (Wildman–Crippen LogP) is 3.07. The molecule has 1 nitrogen and oxygen atoms in total. The molecule has 0 heterocycles. The minimum Gasteiger partial charge on any atom is -0.393 e. The van der Waals surface area contributed by atoms with Gasteiger partial charge in [-0.2, -0.15) is 0 Å². The third-order valence-electron chi connectivity index (χ3n) is 2.07. The maximum atomic E-state index is 12.5. The highest BCUT2D eigenvalue weighted by Crippen LogP contribution is 2.09. The van der Waals surface area contributed by atoms with Crippen LogP contribution >= 0.6 is 0 Å². The minimum absolute atomic E-state index is 0.311. The number of aliphatic hydroxyl groups is 1. The summed E-state index contributed by atoms with van der Waals surface area (Å²) in [6.07, 6.45) is 6.60. The Hall–Kier alpha value is -0.110. The molecule has 0 aromatic heterocycles. The molecule has 0 aliphatic carbocycles. The number of hydrogen-bond acceptors (Lipinski definition) is 1. The number of halogens is 1. The van der Waals surface area contributed by atoms with Gasteiger partial charge < -0.3 is 5.11 Å². The predicted molar refractivity (Wildman–Crippen MR) is 50.0 cm³/mol. The van der Waals surface area contributed by atoms with Gasteiger partial charge in [-0.05, 0) is 6.42 Å². The summed E-state index contributed by atoms with van der Waals surface area (Å²) in [5, 5.41) is 8.40. The normalized spacial score (nSPS) is 13.2. The summed E-state index contributed by atoms with van der Waals surface area (Å²) in [5.74, 6) is 0. The smallest absolute Gasteiger partial charge is 0.123 e. The van der Waals surface area contributed by atoms with Crippen molar-refractivity contribution in [2.45, 2.75) is 58.0 Å². The molecule has 0 fully saturated rings. The molecule has 1 N–H and O–H groups in total. The summed E-state index contributed by atoms with van der Waals surface area (Å²) in [7, 11) is 0. The standard InChI is InChI=1S/C10H21FO/c1-2-3-4-5-6-7-8-10(11)9-12/h10,12H,2-9H2,1H3. The van der Waals surface area contributed by atoms with Crippen LogP contribution in [-0.2, 0) is 0 Å². The van der Waals surface area contributed by atoms with Crippen LogP contribution in [-0.4, -0.2) is 17.9 Å². The first kappa shape index (κ1) is 11.9. The molecule has 0 spiro atoms. The van der Waals surface area contributed by atoms with Gasteiger partial charge in [0.2, 0.25) is 0 Å². The molecule has 74 valence electrons. The van der Waals surface area contributed by atoms with Crippen molar-refractivity contribution in [2.24, 2.45) is 0 Å². The molecule has 0 aromatic rings. The molecule has 1 atom stereocenters. The number of hydrogen-bond donors (Lipinski definition) is 1. The first-order valence-corrected chi connectivity index (χ1v) is 5.06. The Balaban J connectivity index is 2.90. The molecule has 0 bridgehead atoms. The Labute approximate surface area is 75.0 Å². The Morgan fingerprint density at radius 3 is 2.25 bits per heavy atom. The number of unbranched alkanes of at least 4 members (excludes halogenated alkanes) is 5. The Morgan fingerprint density at radius 2 is 1.67 bits per heavy atom. The number of alkyl halides is 1. The van der Waals surface area contributed by atoms with Crippen LogP contribution in [0.5, 0.6) is 0 Å². The Kier molecular flexibility index (Phi) is 8.90. The topological polar surface area (TPSA) is 20.2 Å². The van der Waals surface area contributed by atoms with Crippen LogP contribution in [0.25, 0.3) is 0 Å². The van der Waals surface area contributed by atoms with Crippen LogP contribution in [0.4, 0.5) is 4.39 Å². The van der Waals surface area contributed by atoms with Gasteiger partial charge in [-0.15, -0.1) is 0 Å². The summed E-state index contributed by atoms with van der Waals surface area (Å²) in [6.45, 7) is 1.87. The minimum atomic E-state index is -0.990. The molecule has 2 heteroatoms. The van der Waals surface area contributed by atoms with E-state index in [1.54, 1.807) is 0 Å². The maximum absolute atomic E-state index is 12.5. The fraction of sp³-hybridized carbons (Fsp3) is 1.00. The number of rotatable bonds is 8. The van der Waals surface area contributed by atoms with Crippen molar-refractivity contribution in [3.63, 3.8) is 0 Å². The zero-order chi connectivity index (χ0) is 9.23. The SMILES string of the molecule is CCCCCCCCC(F)CO. The third kappa shape index (κ3) is 7.99. The van der Waals surface area contributed by atoms with Gasteiger partial charge >= 0.3 is 0 Å². The fourth-order valence-corrected chi connectivity index (χ4v) is 1.24. The molecule has 0 rings (SSSR count). The molecular formula is C10H21FO. The molecular weight excluding hydrogens is 155 g/mol. The average Bonchev–Trinajstić information content (AvgIpc) is 2.10. The highest BCUT2D eigenvalue weighted by Gasteiger charge is 2.02. The van der Waals surface area contributed by atoms with Gasteiger partial charge in [0.05, 0.1) is 6.61 Å². The maximum Gasteiger partial charge on any atom is 0.123 e. The second-order valence-electron chi connectivity index (χ2n) is 3.34. The second kappa shape index (κ2) is 8.98. The zero-order valence-electron chi connectivity index (χ0n) is 8.06. The summed E-state index contributed by atoms with van der Waals surface area (Å²) >= 11 is 0. The average molecular weight is 176 g/mol. The lowest BCUT2D eigenvalue weighted by Crippen LogP contribution is -2.04. The van der Waals surface area contributed by atoms with E-state index in [4.69, 9.17) is 5.11 Å². The van der Waals surface area contributed by atoms with E-state index in [-0.39, 0.29) is 6.61 Å². The van der Waals surface area contributed by atoms with Gasteiger partial charge in [-0.3, -0.25) is 0 Å². The lowest BCUT2D eigenvalue weighted by Gasteiger charge is -2.03. The van der Waals surface area contributed by atoms with Crippen LogP contribution in [0, 0.1) is 0 Å². The largest absolute Gasteiger partial charge is 0.393 e. The highest BCUT2D eigenvalue weighted by atomic mass is 19.1. The van der Waals surface area contributed by atoms with Crippen LogP contribution in [0.2, 0.25) is 0 Å². The lowest BCUT2D eigenvalue weighted by molar-refractivity contribution is 0.167. The van der Waals surface area contributed by atoms with E-state index in [0.717, 1.165) is 12.8 Å². The van der Waals surface area contributed by atoms with Crippen LogP contribution in [0.15, 0.2) is 0 Å².